The Morgan fingerprint density at radius 3 is 2.40 bits per heavy atom. The average molecular weight is 447 g/mol. The minimum Gasteiger partial charge on any atom is -0.495 e. The number of carbonyl (C=O) groups excluding carboxylic acids is 2. The van der Waals surface area contributed by atoms with E-state index in [1.807, 2.05) is 30.3 Å². The number of nitrogens with zero attached hydrogens (tertiary/aromatic N) is 2. The van der Waals surface area contributed by atoms with Gasteiger partial charge in [0, 0.05) is 5.75 Å². The van der Waals surface area contributed by atoms with Crippen LogP contribution in [0.15, 0.2) is 47.5 Å². The van der Waals surface area contributed by atoms with Crippen LogP contribution < -0.4 is 14.3 Å². The van der Waals surface area contributed by atoms with E-state index >= 15 is 0 Å². The van der Waals surface area contributed by atoms with Crippen LogP contribution >= 0.6 is 23.1 Å². The first kappa shape index (κ1) is 21.9. The molecule has 9 heteroatoms. The maximum Gasteiger partial charge on any atom is 0.325 e. The van der Waals surface area contributed by atoms with Gasteiger partial charge < -0.3 is 18.8 Å². The number of ether oxygens (including phenoxy) is 3. The zero-order valence-corrected chi connectivity index (χ0v) is 18.5. The Balaban J connectivity index is 1.95. The molecule has 0 aliphatic rings. The van der Waals surface area contributed by atoms with Crippen LogP contribution in [0.2, 0.25) is 0 Å². The molecule has 0 bridgehead atoms. The van der Waals surface area contributed by atoms with Crippen LogP contribution in [-0.2, 0) is 26.6 Å². The van der Waals surface area contributed by atoms with Gasteiger partial charge in [0.2, 0.25) is 0 Å². The summed E-state index contributed by atoms with van der Waals surface area (Å²) in [6.45, 7) is -0.0939. The Labute approximate surface area is 182 Å². The summed E-state index contributed by atoms with van der Waals surface area (Å²) in [5.74, 6) is 1.39. The van der Waals surface area contributed by atoms with E-state index in [0.717, 1.165) is 16.0 Å². The molecule has 0 saturated carbocycles. The second-order valence-corrected chi connectivity index (χ2v) is 8.14. The monoisotopic (exact) mass is 446 g/mol. The Morgan fingerprint density at radius 2 is 1.73 bits per heavy atom. The molecular formula is C21H22N2O5S2. The van der Waals surface area contributed by atoms with Gasteiger partial charge in [-0.05, 0) is 17.7 Å². The number of hydrogen-bond acceptors (Lipinski definition) is 7. The molecule has 1 heterocycles. The van der Waals surface area contributed by atoms with Crippen LogP contribution in [0.3, 0.4) is 0 Å². The highest BCUT2D eigenvalue weighted by Crippen LogP contribution is 2.35. The van der Waals surface area contributed by atoms with Gasteiger partial charge in [-0.15, -0.1) is 11.8 Å². The maximum atomic E-state index is 12.5. The summed E-state index contributed by atoms with van der Waals surface area (Å²) in [6.07, 6.45) is 0. The summed E-state index contributed by atoms with van der Waals surface area (Å²) in [5, 5.41) is 0. The van der Waals surface area contributed by atoms with Crippen molar-refractivity contribution < 1.29 is 23.8 Å². The highest BCUT2D eigenvalue weighted by Gasteiger charge is 2.18. The first-order valence-electron chi connectivity index (χ1n) is 9.07. The summed E-state index contributed by atoms with van der Waals surface area (Å²) in [7, 11) is 4.43. The minimum atomic E-state index is -0.452. The second kappa shape index (κ2) is 10.3. The van der Waals surface area contributed by atoms with Crippen LogP contribution in [-0.4, -0.2) is 43.5 Å². The van der Waals surface area contributed by atoms with Crippen molar-refractivity contribution in [1.82, 2.24) is 4.57 Å². The molecule has 0 aliphatic heterocycles. The fourth-order valence-electron chi connectivity index (χ4n) is 2.85. The van der Waals surface area contributed by atoms with Crippen molar-refractivity contribution in [3.05, 3.63) is 52.8 Å². The number of rotatable bonds is 8. The van der Waals surface area contributed by atoms with E-state index < -0.39 is 5.97 Å². The average Bonchev–Trinajstić information content (AvgIpc) is 3.11. The number of fused-ring (bicyclic) bond motifs is 1. The predicted molar refractivity (Wildman–Crippen MR) is 118 cm³/mol. The number of aromatic nitrogens is 1. The lowest BCUT2D eigenvalue weighted by Crippen LogP contribution is -2.23. The molecule has 0 N–H and O–H groups in total. The molecule has 30 heavy (non-hydrogen) atoms. The lowest BCUT2D eigenvalue weighted by Gasteiger charge is -2.09. The summed E-state index contributed by atoms with van der Waals surface area (Å²) in [4.78, 5) is 29.2. The SMILES string of the molecule is COC(=O)Cn1c(=NC(=O)CSCc2ccccc2)sc2c(OC)ccc(OC)c21. The molecule has 1 amide bonds. The molecule has 2 aromatic carbocycles. The number of benzene rings is 2. The van der Waals surface area contributed by atoms with E-state index in [1.165, 1.54) is 30.2 Å². The van der Waals surface area contributed by atoms with E-state index in [1.54, 1.807) is 30.9 Å². The third-order valence-electron chi connectivity index (χ3n) is 4.26. The topological polar surface area (TPSA) is 79.1 Å². The molecule has 1 aromatic heterocycles. The van der Waals surface area contributed by atoms with E-state index in [9.17, 15) is 9.59 Å². The summed E-state index contributed by atoms with van der Waals surface area (Å²) < 4.78 is 18.1. The summed E-state index contributed by atoms with van der Waals surface area (Å²) >= 11 is 2.76. The molecule has 158 valence electrons. The van der Waals surface area contributed by atoms with Crippen LogP contribution in [0.1, 0.15) is 5.56 Å². The number of carbonyl (C=O) groups is 2. The molecule has 3 aromatic rings. The molecule has 0 radical (unpaired) electrons. The van der Waals surface area contributed by atoms with Gasteiger partial charge in [-0.3, -0.25) is 9.59 Å². The molecule has 0 fully saturated rings. The van der Waals surface area contributed by atoms with Gasteiger partial charge in [-0.2, -0.15) is 4.99 Å². The van der Waals surface area contributed by atoms with Gasteiger partial charge in [0.05, 0.1) is 27.1 Å². The third kappa shape index (κ3) is 5.03. The van der Waals surface area contributed by atoms with Crippen molar-refractivity contribution >= 4 is 45.2 Å². The molecule has 3 rings (SSSR count). The lowest BCUT2D eigenvalue weighted by molar-refractivity contribution is -0.141. The first-order chi connectivity index (χ1) is 14.6. The number of thioether (sulfide) groups is 1. The van der Waals surface area contributed by atoms with Crippen molar-refractivity contribution in [2.24, 2.45) is 4.99 Å². The lowest BCUT2D eigenvalue weighted by atomic mass is 10.2. The number of esters is 1. The maximum absolute atomic E-state index is 12.5. The number of thiazole rings is 1. The zero-order valence-electron chi connectivity index (χ0n) is 16.9. The Kier molecular flexibility index (Phi) is 7.53. The molecule has 0 atom stereocenters. The van der Waals surface area contributed by atoms with Gasteiger partial charge in [0.25, 0.3) is 5.91 Å². The number of amides is 1. The van der Waals surface area contributed by atoms with E-state index in [0.29, 0.717) is 21.8 Å². The molecule has 0 aliphatic carbocycles. The van der Waals surface area contributed by atoms with Gasteiger partial charge in [-0.1, -0.05) is 41.7 Å². The fourth-order valence-corrected chi connectivity index (χ4v) is 4.77. The minimum absolute atomic E-state index is 0.0939. The van der Waals surface area contributed by atoms with Crippen molar-refractivity contribution in [1.29, 1.82) is 0 Å². The second-order valence-electron chi connectivity index (χ2n) is 6.18. The molecular weight excluding hydrogens is 424 g/mol. The Bertz CT molecular complexity index is 1110. The van der Waals surface area contributed by atoms with Gasteiger partial charge in [-0.25, -0.2) is 0 Å². The molecule has 0 unspecified atom stereocenters. The highest BCUT2D eigenvalue weighted by molar-refractivity contribution is 7.99. The Hall–Kier alpha value is -2.78. The van der Waals surface area contributed by atoms with Crippen LogP contribution in [0.25, 0.3) is 10.2 Å². The number of hydrogen-bond donors (Lipinski definition) is 0. The summed E-state index contributed by atoms with van der Waals surface area (Å²) in [6, 6.07) is 13.5. The van der Waals surface area contributed by atoms with Gasteiger partial charge in [0.1, 0.15) is 28.3 Å². The van der Waals surface area contributed by atoms with E-state index in [4.69, 9.17) is 14.2 Å². The molecule has 7 nitrogen and oxygen atoms in total. The largest absolute Gasteiger partial charge is 0.495 e. The summed E-state index contributed by atoms with van der Waals surface area (Å²) in [5.41, 5.74) is 1.78. The standard InChI is InChI=1S/C21H22N2O5S2/c1-26-15-9-10-16(27-2)20-19(15)23(11-18(25)28-3)21(30-20)22-17(24)13-29-12-14-7-5-4-6-8-14/h4-10H,11-13H2,1-3H3. The highest BCUT2D eigenvalue weighted by atomic mass is 32.2. The molecule has 0 spiro atoms. The third-order valence-corrected chi connectivity index (χ3v) is 6.35. The zero-order chi connectivity index (χ0) is 21.5. The van der Waals surface area contributed by atoms with Crippen LogP contribution in [0.5, 0.6) is 11.5 Å². The number of methoxy groups -OCH3 is 3. The van der Waals surface area contributed by atoms with E-state index in [2.05, 4.69) is 4.99 Å². The van der Waals surface area contributed by atoms with Gasteiger partial charge >= 0.3 is 5.97 Å². The van der Waals surface area contributed by atoms with E-state index in [-0.39, 0.29) is 18.2 Å². The predicted octanol–water partition coefficient (Wildman–Crippen LogP) is 3.25. The fraction of sp³-hybridized carbons (Fsp3) is 0.286. The van der Waals surface area contributed by atoms with Crippen molar-refractivity contribution in [3.63, 3.8) is 0 Å². The smallest absolute Gasteiger partial charge is 0.325 e. The van der Waals surface area contributed by atoms with Crippen LogP contribution in [0, 0.1) is 0 Å². The van der Waals surface area contributed by atoms with Crippen molar-refractivity contribution in [2.45, 2.75) is 12.3 Å². The quantitative estimate of drug-likeness (QED) is 0.494. The normalized spacial score (nSPS) is 11.5. The first-order valence-corrected chi connectivity index (χ1v) is 11.0. The van der Waals surface area contributed by atoms with Crippen molar-refractivity contribution in [3.8, 4) is 11.5 Å². The van der Waals surface area contributed by atoms with Gasteiger partial charge in [0.15, 0.2) is 4.80 Å². The van der Waals surface area contributed by atoms with Crippen LogP contribution in [0.4, 0.5) is 0 Å². The van der Waals surface area contributed by atoms with Crippen molar-refractivity contribution in [2.75, 3.05) is 27.1 Å². The Morgan fingerprint density at radius 1 is 1.03 bits per heavy atom. The molecule has 0 saturated heterocycles.